The zero-order valence-corrected chi connectivity index (χ0v) is 19.4. The Hall–Kier alpha value is -3.21. The standard InChI is InChI=1S/C29H26BNO2/c1-28(2)29(3,4)33-30(32-28)21-14-16-26-20(17-21)13-15-27(31-26)25-18-19-9-5-6-10-22(19)23-11-7-8-12-24(23)25/h5-18H,1-4H3. The molecule has 5 aromatic rings. The van der Waals surface area contributed by atoms with E-state index < -0.39 is 0 Å². The first-order valence-corrected chi connectivity index (χ1v) is 11.5. The molecule has 4 heteroatoms. The molecule has 1 aliphatic rings. The monoisotopic (exact) mass is 431 g/mol. The molecule has 162 valence electrons. The number of aromatic nitrogens is 1. The Bertz CT molecular complexity index is 1520. The number of hydrogen-bond donors (Lipinski definition) is 0. The summed E-state index contributed by atoms with van der Waals surface area (Å²) in [6.45, 7) is 8.32. The molecule has 0 radical (unpaired) electrons. The van der Waals surface area contributed by atoms with Crippen molar-refractivity contribution in [2.75, 3.05) is 0 Å². The van der Waals surface area contributed by atoms with Crippen LogP contribution in [0.25, 0.3) is 43.7 Å². The van der Waals surface area contributed by atoms with Crippen LogP contribution in [0.1, 0.15) is 27.7 Å². The number of fused-ring (bicyclic) bond motifs is 4. The van der Waals surface area contributed by atoms with Gasteiger partial charge in [-0.3, -0.25) is 0 Å². The summed E-state index contributed by atoms with van der Waals surface area (Å²) in [5.41, 5.74) is 3.41. The number of benzene rings is 4. The summed E-state index contributed by atoms with van der Waals surface area (Å²) in [7, 11) is -0.372. The molecule has 1 saturated heterocycles. The maximum Gasteiger partial charge on any atom is 0.494 e. The Labute approximate surface area is 194 Å². The van der Waals surface area contributed by atoms with E-state index in [4.69, 9.17) is 14.3 Å². The van der Waals surface area contributed by atoms with Gasteiger partial charge in [-0.25, -0.2) is 4.98 Å². The van der Waals surface area contributed by atoms with Gasteiger partial charge in [-0.05, 0) is 78.3 Å². The number of nitrogens with zero attached hydrogens (tertiary/aromatic N) is 1. The maximum absolute atomic E-state index is 6.24. The van der Waals surface area contributed by atoms with Gasteiger partial charge in [-0.1, -0.05) is 66.7 Å². The third-order valence-electron chi connectivity index (χ3n) is 7.28. The fraction of sp³-hybridized carbons (Fsp3) is 0.207. The molecule has 0 bridgehead atoms. The molecule has 0 saturated carbocycles. The summed E-state index contributed by atoms with van der Waals surface area (Å²) in [6.07, 6.45) is 0. The fourth-order valence-corrected chi connectivity index (χ4v) is 4.69. The quantitative estimate of drug-likeness (QED) is 0.236. The lowest BCUT2D eigenvalue weighted by atomic mass is 9.78. The van der Waals surface area contributed by atoms with Crippen molar-refractivity contribution in [1.29, 1.82) is 0 Å². The second-order valence-electron chi connectivity index (χ2n) is 9.93. The average Bonchev–Trinajstić information content (AvgIpc) is 3.04. The van der Waals surface area contributed by atoms with Gasteiger partial charge in [0, 0.05) is 5.56 Å². The van der Waals surface area contributed by atoms with Gasteiger partial charge in [0.2, 0.25) is 0 Å². The smallest absolute Gasteiger partial charge is 0.399 e. The molecule has 4 aromatic carbocycles. The molecule has 1 aromatic heterocycles. The Morgan fingerprint density at radius 1 is 0.636 bits per heavy atom. The molecule has 2 heterocycles. The van der Waals surface area contributed by atoms with Crippen molar-refractivity contribution >= 4 is 45.0 Å². The summed E-state index contributed by atoms with van der Waals surface area (Å²) < 4.78 is 12.5. The van der Waals surface area contributed by atoms with Crippen LogP contribution in [-0.2, 0) is 9.31 Å². The van der Waals surface area contributed by atoms with Crippen LogP contribution in [0.5, 0.6) is 0 Å². The summed E-state index contributed by atoms with van der Waals surface area (Å²) in [4.78, 5) is 5.05. The molecule has 33 heavy (non-hydrogen) atoms. The topological polar surface area (TPSA) is 31.4 Å². The minimum Gasteiger partial charge on any atom is -0.399 e. The number of hydrogen-bond acceptors (Lipinski definition) is 3. The highest BCUT2D eigenvalue weighted by Gasteiger charge is 2.51. The van der Waals surface area contributed by atoms with Crippen LogP contribution in [0, 0.1) is 0 Å². The molecule has 0 aliphatic carbocycles. The van der Waals surface area contributed by atoms with Gasteiger partial charge in [0.15, 0.2) is 0 Å². The zero-order chi connectivity index (χ0) is 22.8. The van der Waals surface area contributed by atoms with E-state index in [-0.39, 0.29) is 18.3 Å². The van der Waals surface area contributed by atoms with Crippen molar-refractivity contribution in [3.8, 4) is 11.3 Å². The Morgan fingerprint density at radius 2 is 1.30 bits per heavy atom. The van der Waals surface area contributed by atoms with Crippen molar-refractivity contribution in [3.05, 3.63) is 84.9 Å². The Kier molecular flexibility index (Phi) is 4.42. The number of rotatable bonds is 2. The van der Waals surface area contributed by atoms with E-state index in [0.717, 1.165) is 27.6 Å². The Balaban J connectivity index is 1.45. The van der Waals surface area contributed by atoms with Crippen molar-refractivity contribution in [3.63, 3.8) is 0 Å². The van der Waals surface area contributed by atoms with E-state index in [1.807, 2.05) is 0 Å². The summed E-state index contributed by atoms with van der Waals surface area (Å²) >= 11 is 0. The highest BCUT2D eigenvalue weighted by atomic mass is 16.7. The molecule has 1 aliphatic heterocycles. The van der Waals surface area contributed by atoms with Crippen LogP contribution in [0.4, 0.5) is 0 Å². The molecule has 3 nitrogen and oxygen atoms in total. The second kappa shape index (κ2) is 7.15. The van der Waals surface area contributed by atoms with Gasteiger partial charge in [0.25, 0.3) is 0 Å². The van der Waals surface area contributed by atoms with Gasteiger partial charge in [-0.2, -0.15) is 0 Å². The van der Waals surface area contributed by atoms with Crippen LogP contribution >= 0.6 is 0 Å². The van der Waals surface area contributed by atoms with Crippen LogP contribution in [0.15, 0.2) is 84.9 Å². The van der Waals surface area contributed by atoms with E-state index in [1.165, 1.54) is 21.5 Å². The SMILES string of the molecule is CC1(C)OB(c2ccc3nc(-c4cc5ccccc5c5ccccc45)ccc3c2)OC1(C)C. The molecule has 6 rings (SSSR count). The highest BCUT2D eigenvalue weighted by molar-refractivity contribution is 6.62. The number of pyridine rings is 1. The van der Waals surface area contributed by atoms with Gasteiger partial charge in [-0.15, -0.1) is 0 Å². The summed E-state index contributed by atoms with van der Waals surface area (Å²) in [6, 6.07) is 29.9. The lowest BCUT2D eigenvalue weighted by Crippen LogP contribution is -2.41. The molecule has 0 unspecified atom stereocenters. The molecule has 0 spiro atoms. The summed E-state index contributed by atoms with van der Waals surface area (Å²) in [5.74, 6) is 0. The Morgan fingerprint density at radius 3 is 2.06 bits per heavy atom. The van der Waals surface area contributed by atoms with Gasteiger partial charge in [0.1, 0.15) is 0 Å². The van der Waals surface area contributed by atoms with Crippen LogP contribution < -0.4 is 5.46 Å². The maximum atomic E-state index is 6.24. The average molecular weight is 431 g/mol. The minimum atomic E-state index is -0.372. The van der Waals surface area contributed by atoms with Gasteiger partial charge < -0.3 is 9.31 Å². The predicted octanol–water partition coefficient (Wildman–Crippen LogP) is 6.51. The molecule has 0 atom stereocenters. The first-order chi connectivity index (χ1) is 15.8. The van der Waals surface area contributed by atoms with Crippen molar-refractivity contribution in [2.24, 2.45) is 0 Å². The lowest BCUT2D eigenvalue weighted by molar-refractivity contribution is 0.00578. The van der Waals surface area contributed by atoms with Crippen molar-refractivity contribution < 1.29 is 9.31 Å². The van der Waals surface area contributed by atoms with Gasteiger partial charge >= 0.3 is 7.12 Å². The molecule has 1 fully saturated rings. The van der Waals surface area contributed by atoms with Crippen molar-refractivity contribution in [1.82, 2.24) is 4.98 Å². The third-order valence-corrected chi connectivity index (χ3v) is 7.28. The second-order valence-corrected chi connectivity index (χ2v) is 9.93. The summed E-state index contributed by atoms with van der Waals surface area (Å²) in [5, 5.41) is 6.05. The van der Waals surface area contributed by atoms with E-state index in [2.05, 4.69) is 113 Å². The largest absolute Gasteiger partial charge is 0.494 e. The van der Waals surface area contributed by atoms with E-state index >= 15 is 0 Å². The lowest BCUT2D eigenvalue weighted by Gasteiger charge is -2.32. The minimum absolute atomic E-state index is 0.355. The molecular weight excluding hydrogens is 405 g/mol. The van der Waals surface area contributed by atoms with Crippen LogP contribution in [-0.4, -0.2) is 23.3 Å². The van der Waals surface area contributed by atoms with E-state index in [0.29, 0.717) is 0 Å². The van der Waals surface area contributed by atoms with Gasteiger partial charge in [0.05, 0.1) is 22.4 Å². The fourth-order valence-electron chi connectivity index (χ4n) is 4.69. The normalized spacial score (nSPS) is 17.3. The first-order valence-electron chi connectivity index (χ1n) is 11.5. The highest BCUT2D eigenvalue weighted by Crippen LogP contribution is 2.37. The van der Waals surface area contributed by atoms with E-state index in [9.17, 15) is 0 Å². The predicted molar refractivity (Wildman–Crippen MR) is 138 cm³/mol. The van der Waals surface area contributed by atoms with Crippen LogP contribution in [0.2, 0.25) is 0 Å². The molecule has 0 N–H and O–H groups in total. The first kappa shape index (κ1) is 20.4. The van der Waals surface area contributed by atoms with Crippen LogP contribution in [0.3, 0.4) is 0 Å². The zero-order valence-electron chi connectivity index (χ0n) is 19.4. The molecular formula is C29H26BNO2. The van der Waals surface area contributed by atoms with E-state index in [1.54, 1.807) is 0 Å². The van der Waals surface area contributed by atoms with Crippen molar-refractivity contribution in [2.45, 2.75) is 38.9 Å². The molecule has 0 amide bonds. The third kappa shape index (κ3) is 3.25.